The molecule has 0 rings (SSSR count). The number of hydrogen-bond acceptors (Lipinski definition) is 1. The van der Waals surface area contributed by atoms with Gasteiger partial charge in [-0.1, -0.05) is 0 Å². The van der Waals surface area contributed by atoms with E-state index >= 15 is 0 Å². The molecule has 0 atom stereocenters. The van der Waals surface area contributed by atoms with E-state index < -0.39 is 0 Å². The molecular weight excluding hydrogens is 88.9 g/mol. The Balaban J connectivity index is 3.35. The van der Waals surface area contributed by atoms with Crippen molar-refractivity contribution in [2.24, 2.45) is 0 Å². The number of nitrogens with zero attached hydrogens (tertiary/aromatic N) is 1. The van der Waals surface area contributed by atoms with E-state index in [9.17, 15) is 4.79 Å². The first kappa shape index (κ1) is 6.53. The van der Waals surface area contributed by atoms with Gasteiger partial charge in [0.15, 0.2) is 0 Å². The summed E-state index contributed by atoms with van der Waals surface area (Å²) >= 11 is 0. The molecule has 0 saturated carbocycles. The van der Waals surface area contributed by atoms with Crippen molar-refractivity contribution in [3.05, 3.63) is 0 Å². The number of carbonyl (C=O) groups excluding carboxylic acids is 1. The Morgan fingerprint density at radius 3 is 2.14 bits per heavy atom. The molecule has 0 fully saturated rings. The van der Waals surface area contributed by atoms with Crippen molar-refractivity contribution in [1.82, 2.24) is 4.90 Å². The van der Waals surface area contributed by atoms with Crippen LogP contribution in [0.4, 0.5) is 0 Å². The topological polar surface area (TPSA) is 20.3 Å². The van der Waals surface area contributed by atoms with Gasteiger partial charge >= 0.3 is 0 Å². The van der Waals surface area contributed by atoms with E-state index in [4.69, 9.17) is 0 Å². The van der Waals surface area contributed by atoms with Gasteiger partial charge in [-0.25, -0.2) is 0 Å². The smallest absolute Gasteiger partial charge is 0.214 e. The molecule has 7 heavy (non-hydrogen) atoms. The lowest BCUT2D eigenvalue weighted by Gasteiger charge is -2.05. The molecule has 0 N–H and O–H groups in total. The maximum atomic E-state index is 10.4. The first-order valence-electron chi connectivity index (χ1n) is 2.38. The minimum absolute atomic E-state index is 0.181. The highest BCUT2D eigenvalue weighted by atomic mass is 16.2. The fourth-order valence-corrected chi connectivity index (χ4v) is 0.316. The van der Waals surface area contributed by atoms with Crippen molar-refractivity contribution in [3.8, 4) is 0 Å². The molecule has 0 bridgehead atoms. The minimum Gasteiger partial charge on any atom is -0.349 e. The van der Waals surface area contributed by atoms with Gasteiger partial charge in [0.25, 0.3) is 0 Å². The van der Waals surface area contributed by atoms with Gasteiger partial charge in [0.05, 0.1) is 0 Å². The molecule has 0 radical (unpaired) electrons. The van der Waals surface area contributed by atoms with Crippen LogP contribution < -0.4 is 0 Å². The van der Waals surface area contributed by atoms with Gasteiger partial charge in [0.2, 0.25) is 5.91 Å². The van der Waals surface area contributed by atoms with Crippen LogP contribution in [0, 0.1) is 0 Å². The number of rotatable bonds is 1. The Bertz CT molecular complexity index is 72.1. The predicted molar refractivity (Wildman–Crippen MR) is 32.0 cm³/mol. The summed E-state index contributed by atoms with van der Waals surface area (Å²) in [4.78, 5) is 12.0. The van der Waals surface area contributed by atoms with Crippen LogP contribution >= 0.6 is 0 Å². The number of hydrogen-bond donors (Lipinski definition) is 0. The van der Waals surface area contributed by atoms with Crippen molar-refractivity contribution in [2.75, 3.05) is 14.1 Å². The molecule has 0 aromatic heterocycles. The highest BCUT2D eigenvalue weighted by molar-refractivity contribution is 6.19. The summed E-state index contributed by atoms with van der Waals surface area (Å²) in [5.74, 6) is 0.181. The van der Waals surface area contributed by atoms with E-state index in [-0.39, 0.29) is 5.91 Å². The number of carbonyl (C=O) groups is 1. The van der Waals surface area contributed by atoms with Crippen molar-refractivity contribution in [2.45, 2.75) is 6.32 Å². The Kier molecular flexibility index (Phi) is 2.49. The highest BCUT2D eigenvalue weighted by Crippen LogP contribution is 1.79. The molecule has 0 aliphatic heterocycles. The summed E-state index contributed by atoms with van der Waals surface area (Å²) in [5.41, 5.74) is 0. The zero-order valence-corrected chi connectivity index (χ0v) is 5.06. The second-order valence-corrected chi connectivity index (χ2v) is 1.64. The van der Waals surface area contributed by atoms with Crippen molar-refractivity contribution in [1.29, 1.82) is 0 Å². The molecule has 0 saturated heterocycles. The van der Waals surface area contributed by atoms with Crippen molar-refractivity contribution < 1.29 is 4.79 Å². The van der Waals surface area contributed by atoms with Crippen molar-refractivity contribution >= 4 is 13.8 Å². The quantitative estimate of drug-likeness (QED) is 0.391. The lowest BCUT2D eigenvalue weighted by molar-refractivity contribution is -0.126. The first-order chi connectivity index (χ1) is 3.18. The lowest BCUT2D eigenvalue weighted by Crippen LogP contribution is -2.20. The molecule has 0 spiro atoms. The van der Waals surface area contributed by atoms with Crippen LogP contribution in [-0.4, -0.2) is 32.7 Å². The molecule has 0 heterocycles. The zero-order chi connectivity index (χ0) is 5.86. The van der Waals surface area contributed by atoms with E-state index in [1.807, 2.05) is 7.85 Å². The zero-order valence-electron chi connectivity index (χ0n) is 5.06. The van der Waals surface area contributed by atoms with E-state index in [0.717, 1.165) is 0 Å². The average molecular weight is 98.9 g/mol. The summed E-state index contributed by atoms with van der Waals surface area (Å²) in [6.07, 6.45) is 0.604. The largest absolute Gasteiger partial charge is 0.349 e. The van der Waals surface area contributed by atoms with Gasteiger partial charge < -0.3 is 4.90 Å². The van der Waals surface area contributed by atoms with Gasteiger partial charge in [-0.3, -0.25) is 4.79 Å². The SMILES string of the molecule is BCC(=O)N(C)C. The monoisotopic (exact) mass is 99.1 g/mol. The summed E-state index contributed by atoms with van der Waals surface area (Å²) in [5, 5.41) is 0. The van der Waals surface area contributed by atoms with Crippen molar-refractivity contribution in [3.63, 3.8) is 0 Å². The molecule has 3 heteroatoms. The van der Waals surface area contributed by atoms with Crippen LogP contribution in [0.1, 0.15) is 0 Å². The third-order valence-corrected chi connectivity index (χ3v) is 0.801. The van der Waals surface area contributed by atoms with E-state index in [0.29, 0.717) is 6.32 Å². The highest BCUT2D eigenvalue weighted by Gasteiger charge is 1.95. The summed E-state index contributed by atoms with van der Waals surface area (Å²) in [6, 6.07) is 0. The maximum absolute atomic E-state index is 10.4. The van der Waals surface area contributed by atoms with Crippen LogP contribution in [0.3, 0.4) is 0 Å². The van der Waals surface area contributed by atoms with Crippen LogP contribution in [0.15, 0.2) is 0 Å². The summed E-state index contributed by atoms with van der Waals surface area (Å²) < 4.78 is 0. The maximum Gasteiger partial charge on any atom is 0.214 e. The van der Waals surface area contributed by atoms with E-state index in [2.05, 4.69) is 0 Å². The van der Waals surface area contributed by atoms with E-state index in [1.165, 1.54) is 0 Å². The second kappa shape index (κ2) is 2.67. The second-order valence-electron chi connectivity index (χ2n) is 1.64. The third kappa shape index (κ3) is 2.26. The molecule has 40 valence electrons. The molecule has 0 aliphatic rings. The van der Waals surface area contributed by atoms with Crippen LogP contribution in [-0.2, 0) is 4.79 Å². The normalized spacial score (nSPS) is 8.29. The van der Waals surface area contributed by atoms with Crippen LogP contribution in [0.25, 0.3) is 0 Å². The number of amides is 1. The molecule has 2 nitrogen and oxygen atoms in total. The standard InChI is InChI=1S/C4H10BNO/c1-6(2)4(7)3-5/h3,5H2,1-2H3. The molecule has 0 unspecified atom stereocenters. The van der Waals surface area contributed by atoms with Gasteiger partial charge in [0, 0.05) is 14.1 Å². The molecular formula is C4H10BNO. The minimum atomic E-state index is 0.181. The molecule has 1 amide bonds. The summed E-state index contributed by atoms with van der Waals surface area (Å²) in [7, 11) is 5.36. The Hall–Kier alpha value is -0.465. The fraction of sp³-hybridized carbons (Fsp3) is 0.750. The van der Waals surface area contributed by atoms with Gasteiger partial charge in [0.1, 0.15) is 7.85 Å². The lowest BCUT2D eigenvalue weighted by atomic mass is 10.0. The van der Waals surface area contributed by atoms with Crippen LogP contribution in [0.5, 0.6) is 0 Å². The van der Waals surface area contributed by atoms with E-state index in [1.54, 1.807) is 19.0 Å². The predicted octanol–water partition coefficient (Wildman–Crippen LogP) is -0.874. The summed E-state index contributed by atoms with van der Waals surface area (Å²) in [6.45, 7) is 0. The Labute approximate surface area is 44.9 Å². The van der Waals surface area contributed by atoms with Gasteiger partial charge in [-0.05, 0) is 6.32 Å². The average Bonchev–Trinajstić information content (AvgIpc) is 1.65. The Morgan fingerprint density at radius 2 is 2.14 bits per heavy atom. The van der Waals surface area contributed by atoms with Gasteiger partial charge in [-0.15, -0.1) is 0 Å². The Morgan fingerprint density at radius 1 is 1.71 bits per heavy atom. The van der Waals surface area contributed by atoms with Crippen LogP contribution in [0.2, 0.25) is 6.32 Å². The molecule has 0 aromatic rings. The molecule has 0 aromatic carbocycles. The fourth-order valence-electron chi connectivity index (χ4n) is 0.316. The van der Waals surface area contributed by atoms with Gasteiger partial charge in [-0.2, -0.15) is 0 Å². The third-order valence-electron chi connectivity index (χ3n) is 0.801. The molecule has 0 aliphatic carbocycles. The first-order valence-corrected chi connectivity index (χ1v) is 2.38.